The van der Waals surface area contributed by atoms with Gasteiger partial charge in [-0.2, -0.15) is 0 Å². The molecule has 0 spiro atoms. The summed E-state index contributed by atoms with van der Waals surface area (Å²) in [7, 11) is 1.77. The lowest BCUT2D eigenvalue weighted by Crippen LogP contribution is -2.38. The highest BCUT2D eigenvalue weighted by molar-refractivity contribution is 4.73. The summed E-state index contributed by atoms with van der Waals surface area (Å²) in [5.74, 6) is 1.30. The number of hydrogen-bond donors (Lipinski definition) is 1. The van der Waals surface area contributed by atoms with Gasteiger partial charge in [0, 0.05) is 13.2 Å². The monoisotopic (exact) mass is 173 g/mol. The molecule has 0 bridgehead atoms. The number of hydrogen-bond acceptors (Lipinski definition) is 2. The molecule has 0 aliphatic carbocycles. The molecule has 0 saturated carbocycles. The van der Waals surface area contributed by atoms with E-state index in [0.29, 0.717) is 17.9 Å². The lowest BCUT2D eigenvalue weighted by atomic mass is 9.90. The summed E-state index contributed by atoms with van der Waals surface area (Å²) in [6.45, 7) is 10.8. The van der Waals surface area contributed by atoms with Crippen LogP contribution in [-0.4, -0.2) is 26.3 Å². The molecule has 0 aliphatic heterocycles. The Hall–Kier alpha value is -0.0800. The van der Waals surface area contributed by atoms with Crippen LogP contribution in [0.15, 0.2) is 0 Å². The molecule has 0 aromatic carbocycles. The minimum absolute atomic E-state index is 0.551. The maximum absolute atomic E-state index is 5.19. The zero-order valence-corrected chi connectivity index (χ0v) is 9.05. The largest absolute Gasteiger partial charge is 0.384 e. The fraction of sp³-hybridized carbons (Fsp3) is 1.00. The van der Waals surface area contributed by atoms with Crippen molar-refractivity contribution in [2.24, 2.45) is 11.8 Å². The SMILES string of the molecule is CCNC(C)C(COC)C(C)C. The second-order valence-corrected chi connectivity index (χ2v) is 3.71. The molecule has 0 aliphatic rings. The van der Waals surface area contributed by atoms with Crippen molar-refractivity contribution in [2.75, 3.05) is 20.3 Å². The molecule has 2 nitrogen and oxygen atoms in total. The average molecular weight is 173 g/mol. The maximum Gasteiger partial charge on any atom is 0.0507 e. The predicted molar refractivity (Wildman–Crippen MR) is 53.3 cm³/mol. The zero-order chi connectivity index (χ0) is 9.56. The molecule has 74 valence electrons. The van der Waals surface area contributed by atoms with Gasteiger partial charge in [-0.25, -0.2) is 0 Å². The third-order valence-corrected chi connectivity index (χ3v) is 2.38. The zero-order valence-electron chi connectivity index (χ0n) is 9.05. The highest BCUT2D eigenvalue weighted by atomic mass is 16.5. The van der Waals surface area contributed by atoms with Gasteiger partial charge in [-0.05, 0) is 25.3 Å². The van der Waals surface area contributed by atoms with Crippen molar-refractivity contribution in [2.45, 2.75) is 33.7 Å². The van der Waals surface area contributed by atoms with Crippen LogP contribution < -0.4 is 5.32 Å². The molecule has 0 aromatic heterocycles. The Morgan fingerprint density at radius 2 is 1.83 bits per heavy atom. The summed E-state index contributed by atoms with van der Waals surface area (Å²) in [4.78, 5) is 0. The average Bonchev–Trinajstić information content (AvgIpc) is 1.99. The molecule has 0 radical (unpaired) electrons. The van der Waals surface area contributed by atoms with Crippen LogP contribution in [0.3, 0.4) is 0 Å². The van der Waals surface area contributed by atoms with E-state index in [1.807, 2.05) is 0 Å². The van der Waals surface area contributed by atoms with Gasteiger partial charge in [-0.15, -0.1) is 0 Å². The molecule has 0 fully saturated rings. The van der Waals surface area contributed by atoms with Gasteiger partial charge in [0.05, 0.1) is 6.61 Å². The van der Waals surface area contributed by atoms with Crippen LogP contribution in [0.25, 0.3) is 0 Å². The van der Waals surface area contributed by atoms with E-state index >= 15 is 0 Å². The van der Waals surface area contributed by atoms with Crippen molar-refractivity contribution in [3.8, 4) is 0 Å². The Labute approximate surface area is 76.7 Å². The van der Waals surface area contributed by atoms with E-state index in [-0.39, 0.29) is 0 Å². The molecule has 2 unspecified atom stereocenters. The first-order chi connectivity index (χ1) is 5.63. The second kappa shape index (κ2) is 6.44. The summed E-state index contributed by atoms with van der Waals surface area (Å²) in [5.41, 5.74) is 0. The van der Waals surface area contributed by atoms with Gasteiger partial charge in [0.25, 0.3) is 0 Å². The summed E-state index contributed by atoms with van der Waals surface area (Å²) < 4.78 is 5.19. The van der Waals surface area contributed by atoms with E-state index in [0.717, 1.165) is 13.2 Å². The van der Waals surface area contributed by atoms with Crippen LogP contribution in [-0.2, 0) is 4.74 Å². The number of ether oxygens (including phenoxy) is 1. The van der Waals surface area contributed by atoms with Gasteiger partial charge in [-0.1, -0.05) is 20.8 Å². The van der Waals surface area contributed by atoms with Gasteiger partial charge in [0.2, 0.25) is 0 Å². The molecule has 0 aromatic rings. The van der Waals surface area contributed by atoms with E-state index in [4.69, 9.17) is 4.74 Å². The van der Waals surface area contributed by atoms with Crippen molar-refractivity contribution in [1.29, 1.82) is 0 Å². The van der Waals surface area contributed by atoms with Gasteiger partial charge >= 0.3 is 0 Å². The fourth-order valence-electron chi connectivity index (χ4n) is 1.58. The van der Waals surface area contributed by atoms with Crippen LogP contribution in [0.1, 0.15) is 27.7 Å². The first kappa shape index (κ1) is 11.9. The minimum Gasteiger partial charge on any atom is -0.384 e. The maximum atomic E-state index is 5.19. The molecule has 2 atom stereocenters. The minimum atomic E-state index is 0.551. The Bertz CT molecular complexity index is 104. The summed E-state index contributed by atoms with van der Waals surface area (Å²) >= 11 is 0. The molecular formula is C10H23NO. The Morgan fingerprint density at radius 3 is 2.17 bits per heavy atom. The van der Waals surface area contributed by atoms with E-state index < -0.39 is 0 Å². The third kappa shape index (κ3) is 4.07. The van der Waals surface area contributed by atoms with Crippen LogP contribution >= 0.6 is 0 Å². The van der Waals surface area contributed by atoms with Crippen LogP contribution in [0.5, 0.6) is 0 Å². The van der Waals surface area contributed by atoms with Crippen LogP contribution in [0, 0.1) is 11.8 Å². The van der Waals surface area contributed by atoms with Crippen LogP contribution in [0.4, 0.5) is 0 Å². The number of nitrogens with one attached hydrogen (secondary N) is 1. The lowest BCUT2D eigenvalue weighted by Gasteiger charge is -2.27. The molecule has 12 heavy (non-hydrogen) atoms. The predicted octanol–water partition coefficient (Wildman–Crippen LogP) is 1.90. The van der Waals surface area contributed by atoms with E-state index in [9.17, 15) is 0 Å². The van der Waals surface area contributed by atoms with Crippen molar-refractivity contribution in [1.82, 2.24) is 5.32 Å². The van der Waals surface area contributed by atoms with E-state index in [1.165, 1.54) is 0 Å². The summed E-state index contributed by atoms with van der Waals surface area (Å²) in [6.07, 6.45) is 0. The van der Waals surface area contributed by atoms with E-state index in [2.05, 4.69) is 33.0 Å². The summed E-state index contributed by atoms with van der Waals surface area (Å²) in [6, 6.07) is 0.551. The topological polar surface area (TPSA) is 21.3 Å². The lowest BCUT2D eigenvalue weighted by molar-refractivity contribution is 0.109. The highest BCUT2D eigenvalue weighted by Gasteiger charge is 2.19. The molecular weight excluding hydrogens is 150 g/mol. The molecule has 0 heterocycles. The number of rotatable bonds is 6. The smallest absolute Gasteiger partial charge is 0.0507 e. The van der Waals surface area contributed by atoms with Gasteiger partial charge in [0.1, 0.15) is 0 Å². The molecule has 0 saturated heterocycles. The van der Waals surface area contributed by atoms with Gasteiger partial charge in [0.15, 0.2) is 0 Å². The quantitative estimate of drug-likeness (QED) is 0.662. The second-order valence-electron chi connectivity index (χ2n) is 3.71. The van der Waals surface area contributed by atoms with Crippen molar-refractivity contribution in [3.05, 3.63) is 0 Å². The number of methoxy groups -OCH3 is 1. The van der Waals surface area contributed by atoms with Crippen molar-refractivity contribution < 1.29 is 4.74 Å². The van der Waals surface area contributed by atoms with Gasteiger partial charge in [-0.3, -0.25) is 0 Å². The molecule has 2 heteroatoms. The highest BCUT2D eigenvalue weighted by Crippen LogP contribution is 2.15. The Morgan fingerprint density at radius 1 is 1.25 bits per heavy atom. The first-order valence-electron chi connectivity index (χ1n) is 4.85. The van der Waals surface area contributed by atoms with Gasteiger partial charge < -0.3 is 10.1 Å². The van der Waals surface area contributed by atoms with Crippen LogP contribution in [0.2, 0.25) is 0 Å². The fourth-order valence-corrected chi connectivity index (χ4v) is 1.58. The molecule has 0 rings (SSSR count). The molecule has 1 N–H and O–H groups in total. The van der Waals surface area contributed by atoms with E-state index in [1.54, 1.807) is 7.11 Å². The Kier molecular flexibility index (Phi) is 6.39. The molecule has 0 amide bonds. The standard InChI is InChI=1S/C10H23NO/c1-6-11-9(4)10(7-12-5)8(2)3/h8-11H,6-7H2,1-5H3. The summed E-state index contributed by atoms with van der Waals surface area (Å²) in [5, 5.41) is 3.43. The third-order valence-electron chi connectivity index (χ3n) is 2.38. The normalized spacial score (nSPS) is 16.5. The van der Waals surface area contributed by atoms with Crippen molar-refractivity contribution >= 4 is 0 Å². The Balaban J connectivity index is 3.90. The first-order valence-corrected chi connectivity index (χ1v) is 4.85. The van der Waals surface area contributed by atoms with Crippen molar-refractivity contribution in [3.63, 3.8) is 0 Å².